The summed E-state index contributed by atoms with van der Waals surface area (Å²) >= 11 is 0. The maximum absolute atomic E-state index is 12.4. The van der Waals surface area contributed by atoms with Crippen molar-refractivity contribution in [2.24, 2.45) is 0 Å². The standard InChI is InChI=1S/C22H20O5/c1-14(16-4-5-18-13-20(26-3)11-8-17(18)12-16)21(23)27-22(24)15-6-9-19(25-2)10-7-15/h4-14H,1-3H3/t14-/m0/s1. The summed E-state index contributed by atoms with van der Waals surface area (Å²) in [5.74, 6) is -0.450. The van der Waals surface area contributed by atoms with Gasteiger partial charge in [-0.15, -0.1) is 0 Å². The van der Waals surface area contributed by atoms with Gasteiger partial charge in [0.15, 0.2) is 0 Å². The summed E-state index contributed by atoms with van der Waals surface area (Å²) in [5.41, 5.74) is 1.07. The van der Waals surface area contributed by atoms with Crippen LogP contribution in [0.1, 0.15) is 28.8 Å². The lowest BCUT2D eigenvalue weighted by molar-refractivity contribution is -0.139. The Balaban J connectivity index is 1.74. The summed E-state index contributed by atoms with van der Waals surface area (Å²) in [7, 11) is 3.16. The number of esters is 2. The van der Waals surface area contributed by atoms with Gasteiger partial charge in [0.2, 0.25) is 0 Å². The number of rotatable bonds is 5. The molecule has 0 spiro atoms. The normalized spacial score (nSPS) is 11.7. The molecule has 0 N–H and O–H groups in total. The second kappa shape index (κ2) is 7.91. The summed E-state index contributed by atoms with van der Waals surface area (Å²) in [6.45, 7) is 1.72. The van der Waals surface area contributed by atoms with Crippen LogP contribution < -0.4 is 9.47 Å². The smallest absolute Gasteiger partial charge is 0.345 e. The minimum atomic E-state index is -0.681. The first-order chi connectivity index (χ1) is 13.0. The second-order valence-corrected chi connectivity index (χ2v) is 6.13. The van der Waals surface area contributed by atoms with Gasteiger partial charge in [-0.2, -0.15) is 0 Å². The van der Waals surface area contributed by atoms with E-state index >= 15 is 0 Å². The highest BCUT2D eigenvalue weighted by atomic mass is 16.6. The van der Waals surface area contributed by atoms with Crippen LogP contribution in [0.25, 0.3) is 10.8 Å². The molecule has 1 atom stereocenters. The van der Waals surface area contributed by atoms with Gasteiger partial charge in [0.1, 0.15) is 11.5 Å². The maximum Gasteiger partial charge on any atom is 0.345 e. The second-order valence-electron chi connectivity index (χ2n) is 6.13. The first-order valence-corrected chi connectivity index (χ1v) is 8.49. The van der Waals surface area contributed by atoms with Crippen molar-refractivity contribution in [3.8, 4) is 11.5 Å². The Kier molecular flexibility index (Phi) is 5.41. The van der Waals surface area contributed by atoms with E-state index in [9.17, 15) is 9.59 Å². The van der Waals surface area contributed by atoms with Gasteiger partial charge in [0, 0.05) is 0 Å². The fourth-order valence-electron chi connectivity index (χ4n) is 2.74. The lowest BCUT2D eigenvalue weighted by atomic mass is 9.98. The van der Waals surface area contributed by atoms with E-state index in [1.165, 1.54) is 7.11 Å². The Bertz CT molecular complexity index is 976. The van der Waals surface area contributed by atoms with E-state index in [0.717, 1.165) is 22.1 Å². The third-order valence-corrected chi connectivity index (χ3v) is 4.44. The topological polar surface area (TPSA) is 61.8 Å². The summed E-state index contributed by atoms with van der Waals surface area (Å²) in [4.78, 5) is 24.6. The lowest BCUT2D eigenvalue weighted by Crippen LogP contribution is -2.18. The molecule has 3 aromatic rings. The highest BCUT2D eigenvalue weighted by molar-refractivity contribution is 5.98. The predicted octanol–water partition coefficient (Wildman–Crippen LogP) is 4.34. The van der Waals surface area contributed by atoms with Crippen LogP contribution in [0.2, 0.25) is 0 Å². The van der Waals surface area contributed by atoms with Crippen LogP contribution in [0.5, 0.6) is 11.5 Å². The molecule has 0 aliphatic heterocycles. The molecule has 0 saturated heterocycles. The van der Waals surface area contributed by atoms with Crippen LogP contribution in [0.3, 0.4) is 0 Å². The first kappa shape index (κ1) is 18.5. The minimum absolute atomic E-state index is 0.293. The van der Waals surface area contributed by atoms with E-state index in [1.807, 2.05) is 36.4 Å². The zero-order valence-electron chi connectivity index (χ0n) is 15.4. The quantitative estimate of drug-likeness (QED) is 0.498. The first-order valence-electron chi connectivity index (χ1n) is 8.49. The van der Waals surface area contributed by atoms with Gasteiger partial charge in [0.25, 0.3) is 0 Å². The lowest BCUT2D eigenvalue weighted by Gasteiger charge is -2.12. The number of hydrogen-bond donors (Lipinski definition) is 0. The van der Waals surface area contributed by atoms with Crippen molar-refractivity contribution in [1.82, 2.24) is 0 Å². The van der Waals surface area contributed by atoms with Crippen LogP contribution in [-0.2, 0) is 9.53 Å². The van der Waals surface area contributed by atoms with Gasteiger partial charge in [-0.05, 0) is 59.7 Å². The number of carbonyl (C=O) groups is 2. The molecule has 0 saturated carbocycles. The van der Waals surface area contributed by atoms with Crippen molar-refractivity contribution in [1.29, 1.82) is 0 Å². The van der Waals surface area contributed by atoms with Crippen LogP contribution >= 0.6 is 0 Å². The molecule has 0 unspecified atom stereocenters. The van der Waals surface area contributed by atoms with Crippen LogP contribution in [0.15, 0.2) is 60.7 Å². The van der Waals surface area contributed by atoms with Gasteiger partial charge in [0.05, 0.1) is 25.7 Å². The zero-order valence-corrected chi connectivity index (χ0v) is 15.4. The number of methoxy groups -OCH3 is 2. The van der Waals surface area contributed by atoms with Gasteiger partial charge in [-0.25, -0.2) is 4.79 Å². The molecule has 3 rings (SSSR count). The monoisotopic (exact) mass is 364 g/mol. The number of ether oxygens (including phenoxy) is 3. The Morgan fingerprint density at radius 1 is 0.778 bits per heavy atom. The third-order valence-electron chi connectivity index (χ3n) is 4.44. The van der Waals surface area contributed by atoms with E-state index < -0.39 is 17.9 Å². The van der Waals surface area contributed by atoms with Crippen molar-refractivity contribution < 1.29 is 23.8 Å². The summed E-state index contributed by atoms with van der Waals surface area (Å²) in [5, 5.41) is 1.99. The average molecular weight is 364 g/mol. The molecular formula is C22H20O5. The molecule has 0 aliphatic carbocycles. The van der Waals surface area contributed by atoms with Crippen LogP contribution in [-0.4, -0.2) is 26.2 Å². The number of carbonyl (C=O) groups excluding carboxylic acids is 2. The minimum Gasteiger partial charge on any atom is -0.497 e. The molecular weight excluding hydrogens is 344 g/mol. The Morgan fingerprint density at radius 2 is 1.37 bits per heavy atom. The predicted molar refractivity (Wildman–Crippen MR) is 102 cm³/mol. The fraction of sp³-hybridized carbons (Fsp3) is 0.182. The maximum atomic E-state index is 12.4. The van der Waals surface area contributed by atoms with Gasteiger partial charge >= 0.3 is 11.9 Å². The number of benzene rings is 3. The summed E-state index contributed by atoms with van der Waals surface area (Å²) < 4.78 is 15.3. The summed E-state index contributed by atoms with van der Waals surface area (Å²) in [6, 6.07) is 17.8. The van der Waals surface area contributed by atoms with E-state index in [2.05, 4.69) is 0 Å². The molecule has 138 valence electrons. The zero-order chi connectivity index (χ0) is 19.4. The molecule has 0 aliphatic rings. The molecule has 0 aromatic heterocycles. The fourth-order valence-corrected chi connectivity index (χ4v) is 2.74. The molecule has 0 amide bonds. The van der Waals surface area contributed by atoms with Crippen molar-refractivity contribution in [3.63, 3.8) is 0 Å². The van der Waals surface area contributed by atoms with Crippen LogP contribution in [0.4, 0.5) is 0 Å². The molecule has 0 heterocycles. The van der Waals surface area contributed by atoms with E-state index in [4.69, 9.17) is 14.2 Å². The van der Waals surface area contributed by atoms with E-state index in [0.29, 0.717) is 11.3 Å². The molecule has 0 bridgehead atoms. The van der Waals surface area contributed by atoms with Gasteiger partial charge in [-0.3, -0.25) is 4.79 Å². The SMILES string of the molecule is COc1ccc(C(=O)OC(=O)[C@@H](C)c2ccc3cc(OC)ccc3c2)cc1. The summed E-state index contributed by atoms with van der Waals surface area (Å²) in [6.07, 6.45) is 0. The Morgan fingerprint density at radius 3 is 2.04 bits per heavy atom. The molecule has 27 heavy (non-hydrogen) atoms. The van der Waals surface area contributed by atoms with Crippen molar-refractivity contribution in [3.05, 3.63) is 71.8 Å². The highest BCUT2D eigenvalue weighted by Crippen LogP contribution is 2.26. The Hall–Kier alpha value is -3.34. The highest BCUT2D eigenvalue weighted by Gasteiger charge is 2.21. The van der Waals surface area contributed by atoms with Crippen LogP contribution in [0, 0.1) is 0 Å². The molecule has 5 nitrogen and oxygen atoms in total. The number of hydrogen-bond acceptors (Lipinski definition) is 5. The third kappa shape index (κ3) is 4.08. The van der Waals surface area contributed by atoms with Crippen molar-refractivity contribution in [2.45, 2.75) is 12.8 Å². The van der Waals surface area contributed by atoms with Crippen molar-refractivity contribution >= 4 is 22.7 Å². The van der Waals surface area contributed by atoms with Gasteiger partial charge in [-0.1, -0.05) is 24.3 Å². The van der Waals surface area contributed by atoms with Crippen molar-refractivity contribution in [2.75, 3.05) is 14.2 Å². The molecule has 3 aromatic carbocycles. The number of fused-ring (bicyclic) bond motifs is 1. The van der Waals surface area contributed by atoms with E-state index in [-0.39, 0.29) is 0 Å². The van der Waals surface area contributed by atoms with Gasteiger partial charge < -0.3 is 14.2 Å². The molecule has 5 heteroatoms. The largest absolute Gasteiger partial charge is 0.497 e. The Labute approximate surface area is 157 Å². The average Bonchev–Trinajstić information content (AvgIpc) is 2.72. The van der Waals surface area contributed by atoms with E-state index in [1.54, 1.807) is 38.3 Å². The molecule has 0 radical (unpaired) electrons. The molecule has 0 fully saturated rings.